The summed E-state index contributed by atoms with van der Waals surface area (Å²) in [5, 5.41) is 14.2. The van der Waals surface area contributed by atoms with Crippen molar-refractivity contribution in [3.05, 3.63) is 65.4 Å². The lowest BCUT2D eigenvalue weighted by molar-refractivity contribution is -0.133. The van der Waals surface area contributed by atoms with Crippen LogP contribution in [0.4, 0.5) is 0 Å². The van der Waals surface area contributed by atoms with E-state index in [9.17, 15) is 14.7 Å². The second-order valence-electron chi connectivity index (χ2n) is 5.90. The maximum Gasteiger partial charge on any atom is 0.333 e. The first-order valence-corrected chi connectivity index (χ1v) is 8.07. The summed E-state index contributed by atoms with van der Waals surface area (Å²) in [7, 11) is 0. The number of carboxylic acid groups (broad SMARTS) is 1. The molecule has 0 saturated carbocycles. The molecule has 0 spiro atoms. The van der Waals surface area contributed by atoms with Gasteiger partial charge in [-0.05, 0) is 54.2 Å². The van der Waals surface area contributed by atoms with Gasteiger partial charge < -0.3 is 10.4 Å². The van der Waals surface area contributed by atoms with Crippen LogP contribution in [-0.2, 0) is 9.59 Å². The molecule has 3 rings (SSSR count). The molecule has 1 aliphatic rings. The lowest BCUT2D eigenvalue weighted by Crippen LogP contribution is -2.25. The molecule has 1 aliphatic carbocycles. The maximum atomic E-state index is 12.1. The Morgan fingerprint density at radius 1 is 1.00 bits per heavy atom. The number of allylic oxidation sites excluding steroid dienone is 1. The van der Waals surface area contributed by atoms with Crippen LogP contribution in [0.5, 0.6) is 0 Å². The number of carbonyl (C=O) groups excluding carboxylic acids is 1. The lowest BCUT2D eigenvalue weighted by Gasteiger charge is -2.17. The third-order valence-corrected chi connectivity index (χ3v) is 4.20. The van der Waals surface area contributed by atoms with Crippen LogP contribution in [-0.4, -0.2) is 17.0 Å². The van der Waals surface area contributed by atoms with Gasteiger partial charge in [0, 0.05) is 11.8 Å². The van der Waals surface area contributed by atoms with E-state index in [0.29, 0.717) is 24.1 Å². The van der Waals surface area contributed by atoms with Crippen LogP contribution in [0.1, 0.15) is 31.2 Å². The molecule has 0 aliphatic heterocycles. The van der Waals surface area contributed by atoms with Crippen molar-refractivity contribution in [2.45, 2.75) is 25.7 Å². The zero-order valence-electron chi connectivity index (χ0n) is 13.3. The molecule has 0 atom stereocenters. The smallest absolute Gasteiger partial charge is 0.333 e. The Bertz CT molecular complexity index is 849. The second-order valence-corrected chi connectivity index (χ2v) is 5.90. The van der Waals surface area contributed by atoms with E-state index in [1.807, 2.05) is 42.5 Å². The summed E-state index contributed by atoms with van der Waals surface area (Å²) in [4.78, 5) is 23.3. The van der Waals surface area contributed by atoms with E-state index in [1.165, 1.54) is 6.08 Å². The van der Waals surface area contributed by atoms with Gasteiger partial charge in [-0.15, -0.1) is 0 Å². The molecule has 24 heavy (non-hydrogen) atoms. The molecule has 0 unspecified atom stereocenters. The number of amides is 1. The van der Waals surface area contributed by atoms with Gasteiger partial charge in [-0.25, -0.2) is 4.79 Å². The Hall–Kier alpha value is -2.88. The number of aliphatic carboxylic acids is 1. The average Bonchev–Trinajstić information content (AvgIpc) is 2.60. The number of carbonyl (C=O) groups is 2. The minimum atomic E-state index is -0.941. The van der Waals surface area contributed by atoms with Crippen molar-refractivity contribution in [2.75, 3.05) is 0 Å². The van der Waals surface area contributed by atoms with Gasteiger partial charge in [-0.3, -0.25) is 4.79 Å². The molecule has 0 heterocycles. The van der Waals surface area contributed by atoms with Gasteiger partial charge in [0.15, 0.2) is 0 Å². The van der Waals surface area contributed by atoms with Crippen LogP contribution < -0.4 is 5.32 Å². The first-order valence-electron chi connectivity index (χ1n) is 8.07. The van der Waals surface area contributed by atoms with Crippen LogP contribution in [0, 0.1) is 0 Å². The highest BCUT2D eigenvalue weighted by Crippen LogP contribution is 2.23. The second kappa shape index (κ2) is 7.13. The zero-order chi connectivity index (χ0) is 16.9. The molecular formula is C20H19NO3. The van der Waals surface area contributed by atoms with Gasteiger partial charge in [0.2, 0.25) is 5.91 Å². The van der Waals surface area contributed by atoms with E-state index in [1.54, 1.807) is 6.08 Å². The van der Waals surface area contributed by atoms with Gasteiger partial charge in [-0.1, -0.05) is 36.4 Å². The van der Waals surface area contributed by atoms with E-state index < -0.39 is 5.97 Å². The summed E-state index contributed by atoms with van der Waals surface area (Å²) in [5.74, 6) is -1.23. The summed E-state index contributed by atoms with van der Waals surface area (Å²) < 4.78 is 0. The molecule has 2 aromatic rings. The van der Waals surface area contributed by atoms with Crippen LogP contribution in [0.25, 0.3) is 16.8 Å². The molecule has 4 heteroatoms. The quantitative estimate of drug-likeness (QED) is 0.840. The molecule has 0 aromatic heterocycles. The largest absolute Gasteiger partial charge is 0.478 e. The SMILES string of the molecule is O=C(/C=C/c1ccc2ccccc2c1)NC1=C(C(=O)O)CCCC1. The van der Waals surface area contributed by atoms with Crippen LogP contribution in [0.3, 0.4) is 0 Å². The van der Waals surface area contributed by atoms with Crippen molar-refractivity contribution in [3.63, 3.8) is 0 Å². The standard InChI is InChI=1S/C20H19NO3/c22-19(21-18-8-4-3-7-17(18)20(23)24)12-10-14-9-11-15-5-1-2-6-16(15)13-14/h1-2,5-6,9-13H,3-4,7-8H2,(H,21,22)(H,23,24)/b12-10+. The monoisotopic (exact) mass is 321 g/mol. The Morgan fingerprint density at radius 3 is 2.54 bits per heavy atom. The predicted octanol–water partition coefficient (Wildman–Crippen LogP) is 3.88. The Kier molecular flexibility index (Phi) is 4.75. The van der Waals surface area contributed by atoms with Crippen molar-refractivity contribution < 1.29 is 14.7 Å². The molecule has 2 aromatic carbocycles. The molecule has 0 fully saturated rings. The molecule has 2 N–H and O–H groups in total. The number of hydrogen-bond acceptors (Lipinski definition) is 2. The molecule has 122 valence electrons. The van der Waals surface area contributed by atoms with Crippen molar-refractivity contribution in [3.8, 4) is 0 Å². The molecule has 0 bridgehead atoms. The number of carboxylic acids is 1. The predicted molar refractivity (Wildman–Crippen MR) is 94.3 cm³/mol. The third kappa shape index (κ3) is 3.71. The molecule has 4 nitrogen and oxygen atoms in total. The van der Waals surface area contributed by atoms with Gasteiger partial charge in [0.05, 0.1) is 5.57 Å². The highest BCUT2D eigenvalue weighted by Gasteiger charge is 2.19. The van der Waals surface area contributed by atoms with Crippen molar-refractivity contribution in [2.24, 2.45) is 0 Å². The Morgan fingerprint density at radius 2 is 1.75 bits per heavy atom. The van der Waals surface area contributed by atoms with Crippen LogP contribution in [0.15, 0.2) is 59.8 Å². The van der Waals surface area contributed by atoms with Crippen molar-refractivity contribution >= 4 is 28.7 Å². The van der Waals surface area contributed by atoms with Crippen molar-refractivity contribution in [1.82, 2.24) is 5.32 Å². The fraction of sp³-hybridized carbons (Fsp3) is 0.200. The molecule has 0 radical (unpaired) electrons. The normalized spacial score (nSPS) is 15.0. The average molecular weight is 321 g/mol. The lowest BCUT2D eigenvalue weighted by atomic mass is 9.96. The summed E-state index contributed by atoms with van der Waals surface area (Å²) >= 11 is 0. The summed E-state index contributed by atoms with van der Waals surface area (Å²) in [6, 6.07) is 14.0. The fourth-order valence-corrected chi connectivity index (χ4v) is 2.95. The van der Waals surface area contributed by atoms with E-state index in [0.717, 1.165) is 29.2 Å². The first-order chi connectivity index (χ1) is 11.6. The number of hydrogen-bond donors (Lipinski definition) is 2. The van der Waals surface area contributed by atoms with Crippen molar-refractivity contribution in [1.29, 1.82) is 0 Å². The van der Waals surface area contributed by atoms with Gasteiger partial charge in [0.25, 0.3) is 0 Å². The van der Waals surface area contributed by atoms with E-state index in [4.69, 9.17) is 0 Å². The molecule has 0 saturated heterocycles. The van der Waals surface area contributed by atoms with E-state index in [-0.39, 0.29) is 5.91 Å². The van der Waals surface area contributed by atoms with Crippen LogP contribution >= 0.6 is 0 Å². The third-order valence-electron chi connectivity index (χ3n) is 4.20. The maximum absolute atomic E-state index is 12.1. The number of fused-ring (bicyclic) bond motifs is 1. The summed E-state index contributed by atoms with van der Waals surface area (Å²) in [6.45, 7) is 0. The van der Waals surface area contributed by atoms with Gasteiger partial charge >= 0.3 is 5.97 Å². The highest BCUT2D eigenvalue weighted by molar-refractivity contribution is 5.95. The van der Waals surface area contributed by atoms with E-state index in [2.05, 4.69) is 5.32 Å². The summed E-state index contributed by atoms with van der Waals surface area (Å²) in [6.07, 6.45) is 6.07. The topological polar surface area (TPSA) is 66.4 Å². The zero-order valence-corrected chi connectivity index (χ0v) is 13.3. The van der Waals surface area contributed by atoms with Gasteiger partial charge in [-0.2, -0.15) is 0 Å². The highest BCUT2D eigenvalue weighted by atomic mass is 16.4. The Balaban J connectivity index is 1.73. The van der Waals surface area contributed by atoms with Gasteiger partial charge in [0.1, 0.15) is 0 Å². The Labute approximate surface area is 140 Å². The fourth-order valence-electron chi connectivity index (χ4n) is 2.95. The summed E-state index contributed by atoms with van der Waals surface area (Å²) in [5.41, 5.74) is 1.80. The minimum Gasteiger partial charge on any atom is -0.478 e. The first kappa shape index (κ1) is 16.0. The number of benzene rings is 2. The molecular weight excluding hydrogens is 302 g/mol. The molecule has 1 amide bonds. The minimum absolute atomic E-state index is 0.293. The number of nitrogens with one attached hydrogen (secondary N) is 1. The number of rotatable bonds is 4. The van der Waals surface area contributed by atoms with E-state index >= 15 is 0 Å². The van der Waals surface area contributed by atoms with Crippen LogP contribution in [0.2, 0.25) is 0 Å².